The molecule has 0 saturated heterocycles. The zero-order valence-corrected chi connectivity index (χ0v) is 37.5. The van der Waals surface area contributed by atoms with Crippen LogP contribution in [0.4, 0.5) is 0 Å². The molecule has 0 saturated carbocycles. The molecule has 66 heavy (non-hydrogen) atoms. The Balaban J connectivity index is 0.993. The Morgan fingerprint density at radius 3 is 1.70 bits per heavy atom. The van der Waals surface area contributed by atoms with Crippen molar-refractivity contribution < 1.29 is 0 Å². The normalized spacial score (nSPS) is 17.1. The van der Waals surface area contributed by atoms with Gasteiger partial charge in [-0.25, -0.2) is 9.98 Å². The summed E-state index contributed by atoms with van der Waals surface area (Å²) in [6, 6.07) is 77.6. The monoisotopic (exact) mass is 844 g/mol. The average molecular weight is 845 g/mol. The Hall–Kier alpha value is -7.94. The van der Waals surface area contributed by atoms with Gasteiger partial charge in [0.25, 0.3) is 0 Å². The highest BCUT2D eigenvalue weighted by molar-refractivity contribution is 6.29. The van der Waals surface area contributed by atoms with Crippen molar-refractivity contribution in [2.24, 2.45) is 9.98 Å². The maximum Gasteiger partial charge on any atom is 0.160 e. The summed E-state index contributed by atoms with van der Waals surface area (Å²) >= 11 is 0. The summed E-state index contributed by atoms with van der Waals surface area (Å²) in [7, 11) is 0. The number of fused-ring (bicyclic) bond motifs is 9. The van der Waals surface area contributed by atoms with Crippen LogP contribution in [0.15, 0.2) is 228 Å². The molecule has 10 aromatic carbocycles. The summed E-state index contributed by atoms with van der Waals surface area (Å²) in [5.74, 6) is 0.721. The van der Waals surface area contributed by atoms with Crippen LogP contribution in [0.1, 0.15) is 61.4 Å². The summed E-state index contributed by atoms with van der Waals surface area (Å²) in [4.78, 5) is 10.9. The standard InChI is InChI=1S/C64H48N2/c1-41-28-37-60(44-31-29-43(30-32-44)42-16-6-4-7-17-42)65-63(66-62(41)45-18-8-5-9-19-45)49-21-14-20-46(38-49)47-33-35-55-56(39-47)52-23-11-10-22-51(52)54-26-15-25-50(61(54)55)48-34-36-59-57(40-48)53-24-12-13-27-58(53)64(59,2)3/h4-27,29-36,38-40H,28,37H2,1-3H3/b62-41+,65-60+,66-63-. The second kappa shape index (κ2) is 15.9. The SMILES string of the molecule is C\C1=C(c2ccccc2)/N=C(c2cccc(-c3ccc4c(c3)c3ccccc3c3cccc(-c5ccc6c(c5)-c5ccccc5C6(C)C)c34)c2)\N=C(\c2ccc(-c3ccccc3)cc2)CC1. The maximum atomic E-state index is 5.46. The number of nitrogens with zero attached hydrogens (tertiary/aromatic N) is 2. The molecule has 0 aromatic heterocycles. The molecule has 2 aliphatic rings. The molecule has 0 amide bonds. The van der Waals surface area contributed by atoms with E-state index >= 15 is 0 Å². The molecule has 1 aliphatic heterocycles. The number of aliphatic imine (C=N–C) groups is 2. The predicted molar refractivity (Wildman–Crippen MR) is 281 cm³/mol. The van der Waals surface area contributed by atoms with Crippen LogP contribution in [0.2, 0.25) is 0 Å². The number of rotatable bonds is 6. The molecule has 0 atom stereocenters. The lowest BCUT2D eigenvalue weighted by Gasteiger charge is -2.21. The van der Waals surface area contributed by atoms with Gasteiger partial charge in [0.2, 0.25) is 0 Å². The van der Waals surface area contributed by atoms with Gasteiger partial charge < -0.3 is 0 Å². The number of amidine groups is 1. The summed E-state index contributed by atoms with van der Waals surface area (Å²) in [6.45, 7) is 6.92. The van der Waals surface area contributed by atoms with E-state index in [4.69, 9.17) is 9.98 Å². The zero-order chi connectivity index (χ0) is 44.4. The van der Waals surface area contributed by atoms with Crippen LogP contribution < -0.4 is 0 Å². The van der Waals surface area contributed by atoms with Crippen molar-refractivity contribution in [3.63, 3.8) is 0 Å². The van der Waals surface area contributed by atoms with Crippen molar-refractivity contribution >= 4 is 49.6 Å². The van der Waals surface area contributed by atoms with E-state index in [1.807, 2.05) is 0 Å². The minimum atomic E-state index is -0.0362. The smallest absolute Gasteiger partial charge is 0.160 e. The van der Waals surface area contributed by atoms with Crippen LogP contribution in [-0.4, -0.2) is 11.5 Å². The fourth-order valence-corrected chi connectivity index (χ4v) is 10.7. The van der Waals surface area contributed by atoms with Crippen molar-refractivity contribution in [3.05, 3.63) is 246 Å². The van der Waals surface area contributed by atoms with Gasteiger partial charge >= 0.3 is 0 Å². The second-order valence-corrected chi connectivity index (χ2v) is 18.5. The molecule has 1 heterocycles. The van der Waals surface area contributed by atoms with Gasteiger partial charge in [0.05, 0.1) is 11.4 Å². The highest BCUT2D eigenvalue weighted by atomic mass is 14.9. The maximum absolute atomic E-state index is 5.46. The molecule has 0 N–H and O–H groups in total. The lowest BCUT2D eigenvalue weighted by Crippen LogP contribution is -2.14. The molecule has 1 aliphatic carbocycles. The van der Waals surface area contributed by atoms with E-state index in [0.717, 1.165) is 57.9 Å². The highest BCUT2D eigenvalue weighted by Gasteiger charge is 2.35. The molecule has 0 radical (unpaired) electrons. The van der Waals surface area contributed by atoms with Gasteiger partial charge in [-0.05, 0) is 137 Å². The third-order valence-electron chi connectivity index (χ3n) is 14.2. The van der Waals surface area contributed by atoms with Crippen LogP contribution in [0.3, 0.4) is 0 Å². The Kier molecular flexibility index (Phi) is 9.57. The highest BCUT2D eigenvalue weighted by Crippen LogP contribution is 2.50. The fraction of sp³-hybridized carbons (Fsp3) is 0.0938. The third kappa shape index (κ3) is 6.72. The van der Waals surface area contributed by atoms with Gasteiger partial charge in [0.1, 0.15) is 0 Å². The van der Waals surface area contributed by atoms with Crippen molar-refractivity contribution in [2.75, 3.05) is 0 Å². The fourth-order valence-electron chi connectivity index (χ4n) is 10.7. The first-order valence-corrected chi connectivity index (χ1v) is 23.2. The third-order valence-corrected chi connectivity index (χ3v) is 14.2. The Labute approximate surface area is 387 Å². The number of allylic oxidation sites excluding steroid dienone is 1. The minimum absolute atomic E-state index is 0.0362. The second-order valence-electron chi connectivity index (χ2n) is 18.5. The van der Waals surface area contributed by atoms with E-state index in [0.29, 0.717) is 0 Å². The number of hydrogen-bond acceptors (Lipinski definition) is 2. The van der Waals surface area contributed by atoms with Crippen LogP contribution in [-0.2, 0) is 5.41 Å². The Morgan fingerprint density at radius 1 is 0.348 bits per heavy atom. The first-order chi connectivity index (χ1) is 32.4. The molecule has 2 heteroatoms. The van der Waals surface area contributed by atoms with E-state index in [1.54, 1.807) is 0 Å². The first kappa shape index (κ1) is 39.6. The summed E-state index contributed by atoms with van der Waals surface area (Å²) < 4.78 is 0. The van der Waals surface area contributed by atoms with Crippen LogP contribution in [0, 0.1) is 0 Å². The van der Waals surface area contributed by atoms with Crippen molar-refractivity contribution in [3.8, 4) is 44.5 Å². The van der Waals surface area contributed by atoms with Crippen molar-refractivity contribution in [1.29, 1.82) is 0 Å². The zero-order valence-electron chi connectivity index (χ0n) is 37.5. The molecule has 2 nitrogen and oxygen atoms in total. The molecule has 10 aromatic rings. The van der Waals surface area contributed by atoms with Crippen molar-refractivity contribution in [2.45, 2.75) is 39.0 Å². The van der Waals surface area contributed by atoms with Crippen LogP contribution in [0.5, 0.6) is 0 Å². The number of benzene rings is 10. The van der Waals surface area contributed by atoms with E-state index in [2.05, 4.69) is 233 Å². The summed E-state index contributed by atoms with van der Waals surface area (Å²) in [6.07, 6.45) is 1.69. The molecule has 12 rings (SSSR count). The van der Waals surface area contributed by atoms with Gasteiger partial charge in [-0.3, -0.25) is 0 Å². The average Bonchev–Trinajstić information content (AvgIpc) is 3.60. The van der Waals surface area contributed by atoms with Crippen LogP contribution in [0.25, 0.3) is 82.5 Å². The van der Waals surface area contributed by atoms with E-state index in [1.165, 1.54) is 82.4 Å². The van der Waals surface area contributed by atoms with Gasteiger partial charge in [0, 0.05) is 16.5 Å². The molecule has 0 bridgehead atoms. The largest absolute Gasteiger partial charge is 0.232 e. The topological polar surface area (TPSA) is 24.7 Å². The van der Waals surface area contributed by atoms with Crippen LogP contribution >= 0.6 is 0 Å². The van der Waals surface area contributed by atoms with Crippen molar-refractivity contribution in [1.82, 2.24) is 0 Å². The van der Waals surface area contributed by atoms with Gasteiger partial charge in [-0.1, -0.05) is 208 Å². The molecule has 0 spiro atoms. The van der Waals surface area contributed by atoms with Gasteiger partial charge in [0.15, 0.2) is 5.84 Å². The van der Waals surface area contributed by atoms with E-state index < -0.39 is 0 Å². The Morgan fingerprint density at radius 2 is 0.894 bits per heavy atom. The summed E-state index contributed by atoms with van der Waals surface area (Å²) in [5, 5.41) is 7.58. The van der Waals surface area contributed by atoms with Gasteiger partial charge in [-0.2, -0.15) is 0 Å². The molecule has 0 unspecified atom stereocenters. The Bertz CT molecular complexity index is 3640. The lowest BCUT2D eigenvalue weighted by atomic mass is 9.82. The predicted octanol–water partition coefficient (Wildman–Crippen LogP) is 16.9. The number of hydrogen-bond donors (Lipinski definition) is 0. The molecular weight excluding hydrogens is 797 g/mol. The quantitative estimate of drug-likeness (QED) is 0.149. The van der Waals surface area contributed by atoms with E-state index in [-0.39, 0.29) is 5.41 Å². The van der Waals surface area contributed by atoms with Gasteiger partial charge in [-0.15, -0.1) is 0 Å². The summed E-state index contributed by atoms with van der Waals surface area (Å²) in [5.41, 5.74) is 19.1. The molecular formula is C64H48N2. The minimum Gasteiger partial charge on any atom is -0.232 e. The van der Waals surface area contributed by atoms with E-state index in [9.17, 15) is 0 Å². The molecule has 314 valence electrons. The lowest BCUT2D eigenvalue weighted by molar-refractivity contribution is 0.660. The first-order valence-electron chi connectivity index (χ1n) is 23.2. The molecule has 0 fully saturated rings.